The molecule has 1 unspecified atom stereocenters. The molecule has 0 radical (unpaired) electrons. The van der Waals surface area contributed by atoms with Crippen molar-refractivity contribution in [2.75, 3.05) is 42.5 Å². The third-order valence-corrected chi connectivity index (χ3v) is 7.49. The number of pyridine rings is 1. The van der Waals surface area contributed by atoms with Crippen LogP contribution in [0.15, 0.2) is 36.5 Å². The minimum Gasteiger partial charge on any atom is -0.352 e. The Labute approximate surface area is 218 Å². The van der Waals surface area contributed by atoms with E-state index >= 15 is 0 Å². The Hall–Kier alpha value is -3.59. The number of aromatic nitrogens is 3. The average Bonchev–Trinajstić information content (AvgIpc) is 3.30. The molecular formula is C28H35N7O2. The Morgan fingerprint density at radius 2 is 1.92 bits per heavy atom. The molecule has 0 N–H and O–H groups in total. The smallest absolute Gasteiger partial charge is 0.227 e. The molecule has 1 aromatic carbocycles. The predicted octanol–water partition coefficient (Wildman–Crippen LogP) is 3.18. The molecular weight excluding hydrogens is 466 g/mol. The second-order valence-corrected chi connectivity index (χ2v) is 10.1. The molecule has 9 nitrogen and oxygen atoms in total. The monoisotopic (exact) mass is 501 g/mol. The molecule has 1 fully saturated rings. The summed E-state index contributed by atoms with van der Waals surface area (Å²) in [5.41, 5.74) is 3.90. The molecule has 2 aliphatic heterocycles. The highest BCUT2D eigenvalue weighted by atomic mass is 16.2. The SMILES string of the molecule is CCN(Cc1cnc2ccccc2c1)c1nc(N2CCN(C(C)=O)CC2)nc2c1CN(C(C)C)C2C=O. The Morgan fingerprint density at radius 3 is 2.59 bits per heavy atom. The zero-order chi connectivity index (χ0) is 26.1. The van der Waals surface area contributed by atoms with E-state index in [0.29, 0.717) is 45.2 Å². The highest BCUT2D eigenvalue weighted by Gasteiger charge is 2.37. The van der Waals surface area contributed by atoms with Gasteiger partial charge < -0.3 is 19.5 Å². The third-order valence-electron chi connectivity index (χ3n) is 7.49. The van der Waals surface area contributed by atoms with Gasteiger partial charge in [-0.05, 0) is 38.5 Å². The molecule has 3 aromatic rings. The van der Waals surface area contributed by atoms with Crippen molar-refractivity contribution < 1.29 is 9.59 Å². The number of carbonyl (C=O) groups is 2. The number of rotatable bonds is 7. The standard InChI is InChI=1S/C28H35N7O2/c1-5-32(16-21-14-22-8-6-7-9-24(22)29-15-21)27-23-17-35(19(2)3)25(18-36)26(23)30-28(31-27)34-12-10-33(11-13-34)20(4)37/h6-9,14-15,18-19,25H,5,10-13,16-17H2,1-4H3. The van der Waals surface area contributed by atoms with Crippen LogP contribution in [-0.4, -0.2) is 75.7 Å². The molecule has 1 saturated heterocycles. The van der Waals surface area contributed by atoms with Crippen molar-refractivity contribution in [1.82, 2.24) is 24.8 Å². The highest BCUT2D eigenvalue weighted by molar-refractivity contribution is 5.79. The van der Waals surface area contributed by atoms with E-state index in [0.717, 1.165) is 46.4 Å². The normalized spacial score (nSPS) is 17.9. The fourth-order valence-electron chi connectivity index (χ4n) is 5.34. The topological polar surface area (TPSA) is 85.8 Å². The van der Waals surface area contributed by atoms with E-state index in [4.69, 9.17) is 9.97 Å². The molecule has 0 spiro atoms. The first-order valence-corrected chi connectivity index (χ1v) is 13.1. The quantitative estimate of drug-likeness (QED) is 0.457. The van der Waals surface area contributed by atoms with Gasteiger partial charge in [0.05, 0.1) is 11.2 Å². The fraction of sp³-hybridized carbons (Fsp3) is 0.464. The molecule has 0 bridgehead atoms. The van der Waals surface area contributed by atoms with Crippen LogP contribution in [0.25, 0.3) is 10.9 Å². The molecule has 2 aliphatic rings. The summed E-state index contributed by atoms with van der Waals surface area (Å²) in [7, 11) is 0. The minimum absolute atomic E-state index is 0.0879. The van der Waals surface area contributed by atoms with Gasteiger partial charge in [0.15, 0.2) is 0 Å². The first-order chi connectivity index (χ1) is 17.9. The average molecular weight is 502 g/mol. The first-order valence-electron chi connectivity index (χ1n) is 13.1. The molecule has 194 valence electrons. The van der Waals surface area contributed by atoms with Crippen LogP contribution >= 0.6 is 0 Å². The number of anilines is 2. The van der Waals surface area contributed by atoms with Crippen LogP contribution in [0.3, 0.4) is 0 Å². The largest absolute Gasteiger partial charge is 0.352 e. The van der Waals surface area contributed by atoms with Gasteiger partial charge in [-0.2, -0.15) is 4.98 Å². The molecule has 4 heterocycles. The molecule has 5 rings (SSSR count). The summed E-state index contributed by atoms with van der Waals surface area (Å²) in [6.45, 7) is 12.6. The fourth-order valence-corrected chi connectivity index (χ4v) is 5.34. The second-order valence-electron chi connectivity index (χ2n) is 10.1. The van der Waals surface area contributed by atoms with E-state index in [1.54, 1.807) is 6.92 Å². The lowest BCUT2D eigenvalue weighted by Gasteiger charge is -2.35. The summed E-state index contributed by atoms with van der Waals surface area (Å²) in [5, 5.41) is 1.11. The van der Waals surface area contributed by atoms with Crippen LogP contribution in [0.4, 0.5) is 11.8 Å². The summed E-state index contributed by atoms with van der Waals surface area (Å²) >= 11 is 0. The van der Waals surface area contributed by atoms with Crippen molar-refractivity contribution in [3.05, 3.63) is 53.3 Å². The van der Waals surface area contributed by atoms with Crippen molar-refractivity contribution >= 4 is 34.9 Å². The summed E-state index contributed by atoms with van der Waals surface area (Å²) < 4.78 is 0. The van der Waals surface area contributed by atoms with Gasteiger partial charge in [-0.1, -0.05) is 18.2 Å². The van der Waals surface area contributed by atoms with Crippen LogP contribution in [0, 0.1) is 0 Å². The maximum atomic E-state index is 12.3. The van der Waals surface area contributed by atoms with E-state index in [1.807, 2.05) is 29.3 Å². The number of carbonyl (C=O) groups excluding carboxylic acids is 2. The Morgan fingerprint density at radius 1 is 1.16 bits per heavy atom. The minimum atomic E-state index is -0.393. The highest BCUT2D eigenvalue weighted by Crippen LogP contribution is 2.39. The Balaban J connectivity index is 1.53. The van der Waals surface area contributed by atoms with Gasteiger partial charge in [-0.15, -0.1) is 0 Å². The van der Waals surface area contributed by atoms with E-state index in [9.17, 15) is 9.59 Å². The molecule has 2 aromatic heterocycles. The molecule has 9 heteroatoms. The van der Waals surface area contributed by atoms with Gasteiger partial charge in [0, 0.05) is 75.9 Å². The van der Waals surface area contributed by atoms with Gasteiger partial charge in [-0.25, -0.2) is 4.98 Å². The number of benzene rings is 1. The summed E-state index contributed by atoms with van der Waals surface area (Å²) in [6.07, 6.45) is 2.94. The van der Waals surface area contributed by atoms with Gasteiger partial charge in [-0.3, -0.25) is 14.7 Å². The number of nitrogens with zero attached hydrogens (tertiary/aromatic N) is 7. The Kier molecular flexibility index (Phi) is 7.06. The van der Waals surface area contributed by atoms with Crippen molar-refractivity contribution in [1.29, 1.82) is 0 Å². The number of para-hydroxylation sites is 1. The van der Waals surface area contributed by atoms with Gasteiger partial charge >= 0.3 is 0 Å². The molecule has 1 amide bonds. The second kappa shape index (κ2) is 10.4. The molecule has 1 atom stereocenters. The number of aldehydes is 1. The zero-order valence-corrected chi connectivity index (χ0v) is 22.1. The molecule has 37 heavy (non-hydrogen) atoms. The lowest BCUT2D eigenvalue weighted by molar-refractivity contribution is -0.129. The maximum Gasteiger partial charge on any atom is 0.227 e. The lowest BCUT2D eigenvalue weighted by Crippen LogP contribution is -2.48. The first kappa shape index (κ1) is 25.1. The number of hydrogen-bond acceptors (Lipinski definition) is 8. The van der Waals surface area contributed by atoms with Crippen molar-refractivity contribution in [3.63, 3.8) is 0 Å². The summed E-state index contributed by atoms with van der Waals surface area (Å²) in [4.78, 5) is 47.2. The number of fused-ring (bicyclic) bond motifs is 2. The van der Waals surface area contributed by atoms with Crippen LogP contribution < -0.4 is 9.80 Å². The van der Waals surface area contributed by atoms with Crippen molar-refractivity contribution in [2.24, 2.45) is 0 Å². The predicted molar refractivity (Wildman–Crippen MR) is 144 cm³/mol. The number of hydrogen-bond donors (Lipinski definition) is 0. The van der Waals surface area contributed by atoms with Crippen LogP contribution in [-0.2, 0) is 22.7 Å². The van der Waals surface area contributed by atoms with E-state index in [1.165, 1.54) is 0 Å². The third kappa shape index (κ3) is 4.87. The van der Waals surface area contributed by atoms with Crippen LogP contribution in [0.5, 0.6) is 0 Å². The number of piperazine rings is 1. The summed E-state index contributed by atoms with van der Waals surface area (Å²) in [5.74, 6) is 1.59. The van der Waals surface area contributed by atoms with E-state index in [-0.39, 0.29) is 11.9 Å². The van der Waals surface area contributed by atoms with Gasteiger partial charge in [0.25, 0.3) is 0 Å². The van der Waals surface area contributed by atoms with Crippen LogP contribution in [0.2, 0.25) is 0 Å². The van der Waals surface area contributed by atoms with Crippen LogP contribution in [0.1, 0.15) is 50.6 Å². The van der Waals surface area contributed by atoms with Gasteiger partial charge in [0.1, 0.15) is 18.1 Å². The van der Waals surface area contributed by atoms with Gasteiger partial charge in [0.2, 0.25) is 11.9 Å². The summed E-state index contributed by atoms with van der Waals surface area (Å²) in [6, 6.07) is 10.1. The van der Waals surface area contributed by atoms with E-state index < -0.39 is 6.04 Å². The van der Waals surface area contributed by atoms with Crippen molar-refractivity contribution in [3.8, 4) is 0 Å². The molecule has 0 aliphatic carbocycles. The van der Waals surface area contributed by atoms with E-state index in [2.05, 4.69) is 52.6 Å². The zero-order valence-electron chi connectivity index (χ0n) is 22.1. The lowest BCUT2D eigenvalue weighted by atomic mass is 10.1. The molecule has 0 saturated carbocycles. The Bertz CT molecular complexity index is 1300. The van der Waals surface area contributed by atoms with Crippen molar-refractivity contribution in [2.45, 2.75) is 52.9 Å². The number of amides is 1. The maximum absolute atomic E-state index is 12.3.